The molecule has 27 heavy (non-hydrogen) atoms. The lowest BCUT2D eigenvalue weighted by Gasteiger charge is -2.14. The molecule has 1 heterocycles. The number of nitrogens with zero attached hydrogens (tertiary/aromatic N) is 2. The van der Waals surface area contributed by atoms with Gasteiger partial charge in [-0.25, -0.2) is 9.97 Å². The van der Waals surface area contributed by atoms with Crippen LogP contribution in [0.25, 0.3) is 0 Å². The zero-order chi connectivity index (χ0) is 20.4. The first-order valence-electron chi connectivity index (χ1n) is 7.39. The second-order valence-electron chi connectivity index (χ2n) is 5.56. The third-order valence-electron chi connectivity index (χ3n) is 3.17. The Kier molecular flexibility index (Phi) is 6.03. The summed E-state index contributed by atoms with van der Waals surface area (Å²) in [6, 6.07) is 2.61. The highest BCUT2D eigenvalue weighted by Crippen LogP contribution is 2.37. The maximum Gasteiger partial charge on any atom is 0.416 e. The first-order valence-corrected chi connectivity index (χ1v) is 8.37. The van der Waals surface area contributed by atoms with Crippen LogP contribution in [0.5, 0.6) is 0 Å². The summed E-state index contributed by atoms with van der Waals surface area (Å²) in [5.41, 5.74) is -2.27. The second-order valence-corrected chi connectivity index (χ2v) is 6.51. The van der Waals surface area contributed by atoms with Crippen LogP contribution in [0.15, 0.2) is 29.4 Å². The van der Waals surface area contributed by atoms with Crippen LogP contribution in [0.1, 0.15) is 22.5 Å². The Morgan fingerprint density at radius 1 is 0.926 bits per heavy atom. The first kappa shape index (κ1) is 21.0. The number of aryl methyl sites for hydroxylation is 2. The van der Waals surface area contributed by atoms with Crippen molar-refractivity contribution >= 4 is 23.4 Å². The molecule has 1 aromatic carbocycles. The van der Waals surface area contributed by atoms with E-state index in [1.807, 2.05) is 0 Å². The number of thioether (sulfide) groups is 1. The van der Waals surface area contributed by atoms with E-state index in [2.05, 4.69) is 15.3 Å². The number of benzene rings is 1. The summed E-state index contributed by atoms with van der Waals surface area (Å²) in [4.78, 5) is 20.1. The number of alkyl halides is 6. The number of carbonyl (C=O) groups excluding carboxylic acids is 1. The summed E-state index contributed by atoms with van der Waals surface area (Å²) < 4.78 is 76.9. The number of nitrogens with one attached hydrogen (secondary N) is 1. The van der Waals surface area contributed by atoms with Gasteiger partial charge in [-0.1, -0.05) is 11.8 Å². The van der Waals surface area contributed by atoms with E-state index in [1.54, 1.807) is 19.9 Å². The molecule has 11 heteroatoms. The molecular formula is C16H13F6N3OS. The zero-order valence-corrected chi connectivity index (χ0v) is 14.8. The topological polar surface area (TPSA) is 54.9 Å². The van der Waals surface area contributed by atoms with E-state index < -0.39 is 35.1 Å². The molecule has 1 aromatic heterocycles. The van der Waals surface area contributed by atoms with Crippen LogP contribution in [0.4, 0.5) is 32.0 Å². The Balaban J connectivity index is 2.16. The van der Waals surface area contributed by atoms with Crippen molar-refractivity contribution in [3.05, 3.63) is 46.8 Å². The van der Waals surface area contributed by atoms with Crippen LogP contribution in [-0.4, -0.2) is 21.6 Å². The van der Waals surface area contributed by atoms with Gasteiger partial charge in [0, 0.05) is 17.1 Å². The number of hydrogen-bond acceptors (Lipinski definition) is 4. The smallest absolute Gasteiger partial charge is 0.325 e. The molecule has 0 saturated carbocycles. The molecule has 0 aliphatic carbocycles. The predicted molar refractivity (Wildman–Crippen MR) is 87.3 cm³/mol. The molecular weight excluding hydrogens is 396 g/mol. The van der Waals surface area contributed by atoms with Crippen LogP contribution >= 0.6 is 11.8 Å². The van der Waals surface area contributed by atoms with Crippen molar-refractivity contribution in [2.75, 3.05) is 11.1 Å². The van der Waals surface area contributed by atoms with Crippen molar-refractivity contribution in [1.29, 1.82) is 0 Å². The predicted octanol–water partition coefficient (Wildman–Crippen LogP) is 4.86. The van der Waals surface area contributed by atoms with Gasteiger partial charge in [-0.05, 0) is 38.1 Å². The highest BCUT2D eigenvalue weighted by Gasteiger charge is 2.37. The van der Waals surface area contributed by atoms with Crippen molar-refractivity contribution < 1.29 is 31.1 Å². The Bertz CT molecular complexity index is 799. The molecule has 0 spiro atoms. The number of aromatic nitrogens is 2. The monoisotopic (exact) mass is 409 g/mol. The lowest BCUT2D eigenvalue weighted by Crippen LogP contribution is -2.17. The average Bonchev–Trinajstić information content (AvgIpc) is 2.50. The number of rotatable bonds is 4. The fraction of sp³-hybridized carbons (Fsp3) is 0.312. The van der Waals surface area contributed by atoms with Gasteiger partial charge in [0.15, 0.2) is 5.16 Å². The molecule has 0 saturated heterocycles. The summed E-state index contributed by atoms with van der Waals surface area (Å²) in [7, 11) is 0. The molecule has 4 nitrogen and oxygen atoms in total. The van der Waals surface area contributed by atoms with E-state index in [9.17, 15) is 31.1 Å². The SMILES string of the molecule is Cc1cc(C)nc(SCC(=O)Nc2cc(C(F)(F)F)cc(C(F)(F)F)c2)n1. The number of hydrogen-bond donors (Lipinski definition) is 1. The van der Waals surface area contributed by atoms with Crippen molar-refractivity contribution in [2.45, 2.75) is 31.4 Å². The van der Waals surface area contributed by atoms with Gasteiger partial charge in [-0.2, -0.15) is 26.3 Å². The Morgan fingerprint density at radius 3 is 1.85 bits per heavy atom. The summed E-state index contributed by atoms with van der Waals surface area (Å²) in [5, 5.41) is 2.33. The highest BCUT2D eigenvalue weighted by atomic mass is 32.2. The molecule has 0 aliphatic heterocycles. The quantitative estimate of drug-likeness (QED) is 0.445. The Hall–Kier alpha value is -2.30. The highest BCUT2D eigenvalue weighted by molar-refractivity contribution is 7.99. The van der Waals surface area contributed by atoms with E-state index in [-0.39, 0.29) is 17.0 Å². The standard InChI is InChI=1S/C16H13F6N3OS/c1-8-3-9(2)24-14(23-8)27-7-13(26)25-12-5-10(15(17,18)19)4-11(6-12)16(20,21)22/h3-6H,7H2,1-2H3,(H,25,26). The van der Waals surface area contributed by atoms with Crippen molar-refractivity contribution in [3.8, 4) is 0 Å². The number of carbonyl (C=O) groups is 1. The molecule has 2 rings (SSSR count). The van der Waals surface area contributed by atoms with E-state index in [1.165, 1.54) is 0 Å². The molecule has 0 aliphatic rings. The summed E-state index contributed by atoms with van der Waals surface area (Å²) in [6.07, 6.45) is -9.97. The molecule has 146 valence electrons. The first-order chi connectivity index (χ1) is 12.3. The van der Waals surface area contributed by atoms with Gasteiger partial charge >= 0.3 is 12.4 Å². The molecule has 2 aromatic rings. The Morgan fingerprint density at radius 2 is 1.41 bits per heavy atom. The number of amides is 1. The Labute approximate surface area is 154 Å². The maximum atomic E-state index is 12.8. The largest absolute Gasteiger partial charge is 0.416 e. The van der Waals surface area contributed by atoms with Gasteiger partial charge in [-0.3, -0.25) is 4.79 Å². The van der Waals surface area contributed by atoms with Gasteiger partial charge < -0.3 is 5.32 Å². The van der Waals surface area contributed by atoms with Crippen molar-refractivity contribution in [3.63, 3.8) is 0 Å². The van der Waals surface area contributed by atoms with Crippen LogP contribution in [0.3, 0.4) is 0 Å². The second kappa shape index (κ2) is 7.75. The maximum absolute atomic E-state index is 12.8. The molecule has 0 radical (unpaired) electrons. The fourth-order valence-corrected chi connectivity index (χ4v) is 2.86. The molecule has 0 bridgehead atoms. The van der Waals surface area contributed by atoms with Crippen LogP contribution in [0.2, 0.25) is 0 Å². The van der Waals surface area contributed by atoms with E-state index in [0.717, 1.165) is 11.8 Å². The third-order valence-corrected chi connectivity index (χ3v) is 4.01. The van der Waals surface area contributed by atoms with Gasteiger partial charge in [-0.15, -0.1) is 0 Å². The van der Waals surface area contributed by atoms with Crippen LogP contribution < -0.4 is 5.32 Å². The minimum Gasteiger partial charge on any atom is -0.325 e. The molecule has 1 N–H and O–H groups in total. The van der Waals surface area contributed by atoms with Gasteiger partial charge in [0.25, 0.3) is 0 Å². The van der Waals surface area contributed by atoms with Gasteiger partial charge in [0.1, 0.15) is 0 Å². The number of halogens is 6. The van der Waals surface area contributed by atoms with Crippen molar-refractivity contribution in [2.24, 2.45) is 0 Å². The van der Waals surface area contributed by atoms with Crippen LogP contribution in [-0.2, 0) is 17.1 Å². The van der Waals surface area contributed by atoms with Crippen molar-refractivity contribution in [1.82, 2.24) is 9.97 Å². The van der Waals surface area contributed by atoms with E-state index in [4.69, 9.17) is 0 Å². The lowest BCUT2D eigenvalue weighted by atomic mass is 10.1. The van der Waals surface area contributed by atoms with E-state index >= 15 is 0 Å². The normalized spacial score (nSPS) is 12.1. The summed E-state index contributed by atoms with van der Waals surface area (Å²) >= 11 is 0.917. The average molecular weight is 409 g/mol. The minimum absolute atomic E-state index is 0.00618. The molecule has 0 fully saturated rings. The molecule has 0 unspecified atom stereocenters. The van der Waals surface area contributed by atoms with Crippen LogP contribution in [0, 0.1) is 13.8 Å². The summed E-state index contributed by atoms with van der Waals surface area (Å²) in [6.45, 7) is 3.44. The van der Waals surface area contributed by atoms with E-state index in [0.29, 0.717) is 23.5 Å². The van der Waals surface area contributed by atoms with Gasteiger partial charge in [0.05, 0.1) is 16.9 Å². The summed E-state index contributed by atoms with van der Waals surface area (Å²) in [5.74, 6) is -1.06. The van der Waals surface area contributed by atoms with Gasteiger partial charge in [0.2, 0.25) is 5.91 Å². The number of anilines is 1. The molecule has 1 amide bonds. The lowest BCUT2D eigenvalue weighted by molar-refractivity contribution is -0.143. The third kappa shape index (κ3) is 6.12. The minimum atomic E-state index is -4.98. The molecule has 0 atom stereocenters. The fourth-order valence-electron chi connectivity index (χ4n) is 2.11. The zero-order valence-electron chi connectivity index (χ0n) is 14.0.